The molecular weight excluding hydrogens is 704 g/mol. The SMILES string of the molecule is CS(=O)(=O)c1cc(OC[C@@H](O)CN(Cc2ccccc2)C2CCC(c3cc(F)ccc3CNC(=O)c3ccccc3)CC2)ccc1OCc1ccccc1. The summed E-state index contributed by atoms with van der Waals surface area (Å²) in [4.78, 5) is 15.1. The molecule has 10 heteroatoms. The zero-order valence-corrected chi connectivity index (χ0v) is 31.3. The maximum atomic E-state index is 14.6. The summed E-state index contributed by atoms with van der Waals surface area (Å²) in [5, 5.41) is 14.3. The number of carbonyl (C=O) groups excluding carboxylic acids is 1. The third-order valence-corrected chi connectivity index (χ3v) is 11.0. The van der Waals surface area contributed by atoms with E-state index >= 15 is 0 Å². The Morgan fingerprint density at radius 3 is 2.15 bits per heavy atom. The molecule has 1 aliphatic carbocycles. The lowest BCUT2D eigenvalue weighted by atomic mass is 9.79. The number of hydrogen-bond acceptors (Lipinski definition) is 7. The van der Waals surface area contributed by atoms with Crippen molar-refractivity contribution in [3.05, 3.63) is 161 Å². The molecule has 6 rings (SSSR count). The number of carbonyl (C=O) groups is 1. The first-order chi connectivity index (χ1) is 26.1. The minimum absolute atomic E-state index is 0.0212. The number of halogens is 1. The predicted molar refractivity (Wildman–Crippen MR) is 208 cm³/mol. The smallest absolute Gasteiger partial charge is 0.251 e. The molecule has 54 heavy (non-hydrogen) atoms. The lowest BCUT2D eigenvalue weighted by Crippen LogP contribution is -2.43. The summed E-state index contributed by atoms with van der Waals surface area (Å²) in [6.07, 6.45) is 3.63. The number of rotatable bonds is 16. The molecule has 5 aromatic carbocycles. The average molecular weight is 751 g/mol. The molecule has 0 bridgehead atoms. The van der Waals surface area contributed by atoms with Gasteiger partial charge >= 0.3 is 0 Å². The minimum Gasteiger partial charge on any atom is -0.491 e. The minimum atomic E-state index is -3.63. The van der Waals surface area contributed by atoms with Crippen LogP contribution in [-0.4, -0.2) is 55.9 Å². The van der Waals surface area contributed by atoms with Crippen LogP contribution in [0.1, 0.15) is 64.2 Å². The van der Waals surface area contributed by atoms with Crippen molar-refractivity contribution in [2.24, 2.45) is 0 Å². The first kappa shape index (κ1) is 38.7. The number of hydrogen-bond donors (Lipinski definition) is 2. The molecule has 1 fully saturated rings. The van der Waals surface area contributed by atoms with Gasteiger partial charge in [-0.1, -0.05) is 84.9 Å². The van der Waals surface area contributed by atoms with Crippen molar-refractivity contribution in [2.75, 3.05) is 19.4 Å². The van der Waals surface area contributed by atoms with Gasteiger partial charge in [0, 0.05) is 43.6 Å². The summed E-state index contributed by atoms with van der Waals surface area (Å²) in [6, 6.07) is 38.3. The zero-order valence-electron chi connectivity index (χ0n) is 30.4. The van der Waals surface area contributed by atoms with E-state index in [0.717, 1.165) is 54.2 Å². The molecule has 0 radical (unpaired) electrons. The second-order valence-corrected chi connectivity index (χ2v) is 15.9. The number of amides is 1. The molecule has 282 valence electrons. The fraction of sp³-hybridized carbons (Fsp3) is 0.295. The first-order valence-electron chi connectivity index (χ1n) is 18.3. The second-order valence-electron chi connectivity index (χ2n) is 13.9. The summed E-state index contributed by atoms with van der Waals surface area (Å²) in [5.41, 5.74) is 4.45. The van der Waals surface area contributed by atoms with Crippen molar-refractivity contribution < 1.29 is 32.2 Å². The molecule has 0 heterocycles. The van der Waals surface area contributed by atoms with E-state index < -0.39 is 15.9 Å². The van der Waals surface area contributed by atoms with Gasteiger partial charge in [0.25, 0.3) is 5.91 Å². The zero-order chi connectivity index (χ0) is 37.9. The summed E-state index contributed by atoms with van der Waals surface area (Å²) in [7, 11) is -3.63. The number of ether oxygens (including phenoxy) is 2. The van der Waals surface area contributed by atoms with E-state index in [1.165, 1.54) is 12.1 Å². The summed E-state index contributed by atoms with van der Waals surface area (Å²) in [5.74, 6) is 0.228. The van der Waals surface area contributed by atoms with Crippen LogP contribution in [0.5, 0.6) is 11.5 Å². The lowest BCUT2D eigenvalue weighted by molar-refractivity contribution is 0.0383. The van der Waals surface area contributed by atoms with E-state index in [4.69, 9.17) is 9.47 Å². The van der Waals surface area contributed by atoms with Crippen LogP contribution in [0.25, 0.3) is 0 Å². The Bertz CT molecular complexity index is 2080. The van der Waals surface area contributed by atoms with Crippen molar-refractivity contribution in [3.63, 3.8) is 0 Å². The monoisotopic (exact) mass is 750 g/mol. The van der Waals surface area contributed by atoms with Crippen LogP contribution >= 0.6 is 0 Å². The number of nitrogens with one attached hydrogen (secondary N) is 1. The fourth-order valence-electron chi connectivity index (χ4n) is 7.12. The highest BCUT2D eigenvalue weighted by atomic mass is 32.2. The van der Waals surface area contributed by atoms with Crippen molar-refractivity contribution in [1.29, 1.82) is 0 Å². The highest BCUT2D eigenvalue weighted by molar-refractivity contribution is 7.90. The molecule has 0 spiro atoms. The van der Waals surface area contributed by atoms with Crippen LogP contribution in [0.2, 0.25) is 0 Å². The third kappa shape index (κ3) is 10.8. The van der Waals surface area contributed by atoms with Crippen molar-refractivity contribution in [1.82, 2.24) is 10.2 Å². The largest absolute Gasteiger partial charge is 0.491 e. The van der Waals surface area contributed by atoms with E-state index in [-0.39, 0.29) is 47.5 Å². The second kappa shape index (κ2) is 18.3. The maximum Gasteiger partial charge on any atom is 0.251 e. The van der Waals surface area contributed by atoms with E-state index in [0.29, 0.717) is 30.9 Å². The summed E-state index contributed by atoms with van der Waals surface area (Å²) < 4.78 is 51.8. The molecule has 0 aliphatic heterocycles. The van der Waals surface area contributed by atoms with E-state index in [2.05, 4.69) is 22.3 Å². The first-order valence-corrected chi connectivity index (χ1v) is 20.2. The van der Waals surface area contributed by atoms with Crippen molar-refractivity contribution in [3.8, 4) is 11.5 Å². The van der Waals surface area contributed by atoms with Gasteiger partial charge in [-0.3, -0.25) is 9.69 Å². The Hall–Kier alpha value is -5.03. The Balaban J connectivity index is 1.09. The molecule has 0 aromatic heterocycles. The van der Waals surface area contributed by atoms with Gasteiger partial charge in [-0.25, -0.2) is 12.8 Å². The van der Waals surface area contributed by atoms with Crippen LogP contribution in [0.3, 0.4) is 0 Å². The predicted octanol–water partition coefficient (Wildman–Crippen LogP) is 7.71. The molecule has 1 aliphatic rings. The number of aliphatic hydroxyl groups is 1. The average Bonchev–Trinajstić information content (AvgIpc) is 3.19. The van der Waals surface area contributed by atoms with E-state index in [9.17, 15) is 22.7 Å². The van der Waals surface area contributed by atoms with Gasteiger partial charge in [0.2, 0.25) is 0 Å². The standard InChI is InChI=1S/C44H47FN2O6S/c1-54(50,51)43-26-40(23-24-42(43)53-30-33-13-7-3-8-14-33)52-31-39(48)29-47(28-32-11-5-2-6-12-32)38-21-18-34(19-22-38)41-25-37(45)20-17-36(41)27-46-44(49)35-15-9-4-10-16-35/h2-17,20,23-26,34,38-39,48H,18-19,21-22,27-31H2,1H3,(H,46,49)/t34?,38?,39-/m0/s1. The van der Waals surface area contributed by atoms with Crippen molar-refractivity contribution in [2.45, 2.75) is 68.3 Å². The van der Waals surface area contributed by atoms with Gasteiger partial charge in [0.05, 0.1) is 0 Å². The molecular formula is C44H47FN2O6S. The Kier molecular flexibility index (Phi) is 13.1. The normalized spacial score (nSPS) is 16.4. The lowest BCUT2D eigenvalue weighted by Gasteiger charge is -2.38. The molecule has 8 nitrogen and oxygen atoms in total. The topological polar surface area (TPSA) is 105 Å². The van der Waals surface area contributed by atoms with Gasteiger partial charge in [-0.05, 0) is 90.3 Å². The quantitative estimate of drug-likeness (QED) is 0.107. The Morgan fingerprint density at radius 1 is 0.833 bits per heavy atom. The van der Waals surface area contributed by atoms with Gasteiger partial charge < -0.3 is 19.9 Å². The van der Waals surface area contributed by atoms with Gasteiger partial charge in [0.15, 0.2) is 9.84 Å². The van der Waals surface area contributed by atoms with Crippen LogP contribution in [0.15, 0.2) is 132 Å². The number of aliphatic hydroxyl groups excluding tert-OH is 1. The third-order valence-electron chi connectivity index (χ3n) is 9.90. The van der Waals surface area contributed by atoms with Crippen molar-refractivity contribution >= 4 is 15.7 Å². The Labute approximate surface area is 317 Å². The van der Waals surface area contributed by atoms with E-state index in [1.54, 1.807) is 36.4 Å². The molecule has 0 unspecified atom stereocenters. The van der Waals surface area contributed by atoms with Crippen LogP contribution in [0, 0.1) is 5.82 Å². The van der Waals surface area contributed by atoms with Gasteiger partial charge in [0.1, 0.15) is 41.5 Å². The maximum absolute atomic E-state index is 14.6. The van der Waals surface area contributed by atoms with Crippen LogP contribution in [-0.2, 0) is 29.5 Å². The summed E-state index contributed by atoms with van der Waals surface area (Å²) in [6.45, 7) is 1.48. The number of nitrogens with zero attached hydrogens (tertiary/aromatic N) is 1. The molecule has 1 amide bonds. The molecule has 0 saturated heterocycles. The number of benzene rings is 5. The highest BCUT2D eigenvalue weighted by Gasteiger charge is 2.30. The molecule has 1 atom stereocenters. The van der Waals surface area contributed by atoms with Crippen LogP contribution in [0.4, 0.5) is 4.39 Å². The molecule has 2 N–H and O–H groups in total. The number of sulfone groups is 1. The van der Waals surface area contributed by atoms with Gasteiger partial charge in [-0.2, -0.15) is 0 Å². The van der Waals surface area contributed by atoms with E-state index in [1.807, 2.05) is 66.7 Å². The molecule has 5 aromatic rings. The van der Waals surface area contributed by atoms with Crippen LogP contribution < -0.4 is 14.8 Å². The Morgan fingerprint density at radius 2 is 1.48 bits per heavy atom. The summed E-state index contributed by atoms with van der Waals surface area (Å²) >= 11 is 0. The van der Waals surface area contributed by atoms with Gasteiger partial charge in [-0.15, -0.1) is 0 Å². The molecule has 1 saturated carbocycles. The highest BCUT2D eigenvalue weighted by Crippen LogP contribution is 2.37. The fourth-order valence-corrected chi connectivity index (χ4v) is 7.95.